The lowest BCUT2D eigenvalue weighted by Gasteiger charge is -2.11. The van der Waals surface area contributed by atoms with Crippen LogP contribution in [0.3, 0.4) is 0 Å². The van der Waals surface area contributed by atoms with E-state index in [4.69, 9.17) is 10.5 Å². The van der Waals surface area contributed by atoms with Gasteiger partial charge in [0.2, 0.25) is 15.9 Å². The molecule has 0 unspecified atom stereocenters. The maximum Gasteiger partial charge on any atom is 0.244 e. The predicted octanol–water partition coefficient (Wildman–Crippen LogP) is 0.0819. The van der Waals surface area contributed by atoms with E-state index in [-0.39, 0.29) is 23.1 Å². The summed E-state index contributed by atoms with van der Waals surface area (Å²) < 4.78 is 31.4. The third kappa shape index (κ3) is 4.39. The largest absolute Gasteiger partial charge is 0.495 e. The molecule has 0 saturated carbocycles. The van der Waals surface area contributed by atoms with E-state index in [0.29, 0.717) is 12.2 Å². The smallest absolute Gasteiger partial charge is 0.244 e. The summed E-state index contributed by atoms with van der Waals surface area (Å²) in [6, 6.07) is 4.19. The van der Waals surface area contributed by atoms with E-state index in [2.05, 4.69) is 10.0 Å². The van der Waals surface area contributed by atoms with Crippen LogP contribution in [0.15, 0.2) is 23.1 Å². The van der Waals surface area contributed by atoms with Gasteiger partial charge in [0.1, 0.15) is 10.6 Å². The molecule has 0 bridgehead atoms. The molecule has 0 aliphatic carbocycles. The molecular weight excluding hydrogens is 282 g/mol. The second-order valence-corrected chi connectivity index (χ2v) is 5.82. The normalized spacial score (nSPS) is 11.1. The summed E-state index contributed by atoms with van der Waals surface area (Å²) in [5.41, 5.74) is 5.95. The van der Waals surface area contributed by atoms with E-state index >= 15 is 0 Å². The van der Waals surface area contributed by atoms with Gasteiger partial charge in [-0.25, -0.2) is 13.1 Å². The van der Waals surface area contributed by atoms with Crippen LogP contribution in [0.25, 0.3) is 0 Å². The van der Waals surface area contributed by atoms with Crippen LogP contribution in [-0.4, -0.2) is 34.5 Å². The van der Waals surface area contributed by atoms with Gasteiger partial charge < -0.3 is 15.8 Å². The first-order chi connectivity index (χ1) is 9.40. The minimum atomic E-state index is -3.83. The second kappa shape index (κ2) is 7.11. The Kier molecular flexibility index (Phi) is 5.78. The molecule has 0 aromatic heterocycles. The fraction of sp³-hybridized carbons (Fsp3) is 0.417. The number of hydrogen-bond donors (Lipinski definition) is 3. The lowest BCUT2D eigenvalue weighted by molar-refractivity contribution is -0.119. The zero-order valence-corrected chi connectivity index (χ0v) is 12.3. The number of sulfonamides is 1. The first kappa shape index (κ1) is 16.3. The van der Waals surface area contributed by atoms with Gasteiger partial charge in [-0.2, -0.15) is 0 Å². The lowest BCUT2D eigenvalue weighted by atomic mass is 10.3. The van der Waals surface area contributed by atoms with E-state index in [0.717, 1.165) is 6.42 Å². The van der Waals surface area contributed by atoms with Crippen molar-refractivity contribution in [2.75, 3.05) is 25.9 Å². The number of carbonyl (C=O) groups is 1. The van der Waals surface area contributed by atoms with Crippen LogP contribution < -0.4 is 20.5 Å². The Morgan fingerprint density at radius 1 is 1.40 bits per heavy atom. The molecule has 0 aliphatic rings. The van der Waals surface area contributed by atoms with Gasteiger partial charge in [-0.05, 0) is 18.6 Å². The molecule has 0 spiro atoms. The molecule has 1 aromatic rings. The Morgan fingerprint density at radius 3 is 2.70 bits per heavy atom. The van der Waals surface area contributed by atoms with E-state index in [1.807, 2.05) is 6.92 Å². The summed E-state index contributed by atoms with van der Waals surface area (Å²) in [5, 5.41) is 2.58. The molecule has 1 amide bonds. The number of carbonyl (C=O) groups excluding carboxylic acids is 1. The summed E-state index contributed by atoms with van der Waals surface area (Å²) in [5.74, 6) is -0.253. The molecule has 0 aliphatic heterocycles. The van der Waals surface area contributed by atoms with Gasteiger partial charge >= 0.3 is 0 Å². The van der Waals surface area contributed by atoms with Crippen molar-refractivity contribution in [1.29, 1.82) is 0 Å². The maximum absolute atomic E-state index is 12.1. The number of nitrogens with one attached hydrogen (secondary N) is 2. The number of nitrogen functional groups attached to an aromatic ring is 1. The summed E-state index contributed by atoms with van der Waals surface area (Å²) in [7, 11) is -2.48. The SMILES string of the molecule is CCCNC(=O)CNS(=O)(=O)c1ccc(N)cc1OC. The molecule has 4 N–H and O–H groups in total. The first-order valence-corrected chi connectivity index (χ1v) is 7.59. The van der Waals surface area contributed by atoms with Crippen molar-refractivity contribution in [2.45, 2.75) is 18.2 Å². The molecule has 0 radical (unpaired) electrons. The number of methoxy groups -OCH3 is 1. The zero-order chi connectivity index (χ0) is 15.2. The minimum Gasteiger partial charge on any atom is -0.495 e. The van der Waals surface area contributed by atoms with Crippen molar-refractivity contribution in [2.24, 2.45) is 0 Å². The standard InChI is InChI=1S/C12H19N3O4S/c1-3-6-14-12(16)8-15-20(17,18)11-5-4-9(13)7-10(11)19-2/h4-5,7,15H,3,6,8,13H2,1-2H3,(H,14,16). The van der Waals surface area contributed by atoms with Gasteiger partial charge in [0.25, 0.3) is 0 Å². The number of hydrogen-bond acceptors (Lipinski definition) is 5. The highest BCUT2D eigenvalue weighted by Gasteiger charge is 2.20. The molecule has 0 atom stereocenters. The molecule has 0 saturated heterocycles. The second-order valence-electron chi connectivity index (χ2n) is 4.08. The molecule has 20 heavy (non-hydrogen) atoms. The Morgan fingerprint density at radius 2 is 2.10 bits per heavy atom. The lowest BCUT2D eigenvalue weighted by Crippen LogP contribution is -2.37. The van der Waals surface area contributed by atoms with Crippen LogP contribution in [0.4, 0.5) is 5.69 Å². The number of ether oxygens (including phenoxy) is 1. The number of anilines is 1. The van der Waals surface area contributed by atoms with Crippen LogP contribution in [-0.2, 0) is 14.8 Å². The van der Waals surface area contributed by atoms with Gasteiger partial charge in [0.05, 0.1) is 13.7 Å². The fourth-order valence-electron chi connectivity index (χ4n) is 1.47. The van der Waals surface area contributed by atoms with Crippen LogP contribution in [0.5, 0.6) is 5.75 Å². The molecule has 7 nitrogen and oxygen atoms in total. The van der Waals surface area contributed by atoms with Gasteiger partial charge in [-0.1, -0.05) is 6.92 Å². The van der Waals surface area contributed by atoms with E-state index in [9.17, 15) is 13.2 Å². The van der Waals surface area contributed by atoms with Crippen molar-refractivity contribution in [3.05, 3.63) is 18.2 Å². The topological polar surface area (TPSA) is 111 Å². The molecule has 0 fully saturated rings. The fourth-order valence-corrected chi connectivity index (χ4v) is 2.60. The highest BCUT2D eigenvalue weighted by atomic mass is 32.2. The molecule has 8 heteroatoms. The number of nitrogens with two attached hydrogens (primary N) is 1. The number of rotatable bonds is 7. The van der Waals surface area contributed by atoms with Gasteiger partial charge in [-0.3, -0.25) is 4.79 Å². The predicted molar refractivity (Wildman–Crippen MR) is 75.9 cm³/mol. The van der Waals surface area contributed by atoms with Gasteiger partial charge in [0, 0.05) is 18.3 Å². The van der Waals surface area contributed by atoms with Crippen molar-refractivity contribution >= 4 is 21.6 Å². The monoisotopic (exact) mass is 301 g/mol. The third-order valence-corrected chi connectivity index (χ3v) is 3.91. The van der Waals surface area contributed by atoms with Crippen molar-refractivity contribution in [1.82, 2.24) is 10.0 Å². The van der Waals surface area contributed by atoms with Crippen LogP contribution >= 0.6 is 0 Å². The Bertz CT molecular complexity index is 572. The van der Waals surface area contributed by atoms with Gasteiger partial charge in [0.15, 0.2) is 0 Å². The van der Waals surface area contributed by atoms with E-state index in [1.54, 1.807) is 0 Å². The average molecular weight is 301 g/mol. The Hall–Kier alpha value is -1.80. The highest BCUT2D eigenvalue weighted by molar-refractivity contribution is 7.89. The third-order valence-electron chi connectivity index (χ3n) is 2.47. The van der Waals surface area contributed by atoms with E-state index in [1.165, 1.54) is 25.3 Å². The van der Waals surface area contributed by atoms with Crippen molar-refractivity contribution in [3.63, 3.8) is 0 Å². The molecule has 1 aromatic carbocycles. The van der Waals surface area contributed by atoms with Crippen LogP contribution in [0.2, 0.25) is 0 Å². The van der Waals surface area contributed by atoms with Gasteiger partial charge in [-0.15, -0.1) is 0 Å². The molecule has 1 rings (SSSR count). The summed E-state index contributed by atoms with van der Waals surface area (Å²) in [4.78, 5) is 11.3. The summed E-state index contributed by atoms with van der Waals surface area (Å²) in [6.45, 7) is 2.09. The van der Waals surface area contributed by atoms with Crippen LogP contribution in [0.1, 0.15) is 13.3 Å². The minimum absolute atomic E-state index is 0.0579. The average Bonchev–Trinajstić information content (AvgIpc) is 2.42. The molecular formula is C12H19N3O4S. The van der Waals surface area contributed by atoms with Crippen molar-refractivity contribution < 1.29 is 17.9 Å². The quantitative estimate of drug-likeness (QED) is 0.618. The van der Waals surface area contributed by atoms with Crippen molar-refractivity contribution in [3.8, 4) is 5.75 Å². The zero-order valence-electron chi connectivity index (χ0n) is 11.5. The highest BCUT2D eigenvalue weighted by Crippen LogP contribution is 2.25. The molecule has 112 valence electrons. The molecule has 0 heterocycles. The number of benzene rings is 1. The summed E-state index contributed by atoms with van der Waals surface area (Å²) in [6.07, 6.45) is 0.782. The van der Waals surface area contributed by atoms with E-state index < -0.39 is 10.0 Å². The Labute approximate surface area is 118 Å². The van der Waals surface area contributed by atoms with Crippen LogP contribution in [0, 0.1) is 0 Å². The summed E-state index contributed by atoms with van der Waals surface area (Å²) >= 11 is 0. The first-order valence-electron chi connectivity index (χ1n) is 6.10. The maximum atomic E-state index is 12.1. The Balaban J connectivity index is 2.81. The number of amides is 1.